The number of aromatic hydroxyl groups is 1. The molecule has 3 atom stereocenters. The maximum Gasteiger partial charge on any atom is 0.330 e. The molecule has 2 aromatic rings. The zero-order valence-corrected chi connectivity index (χ0v) is 24.6. The average molecular weight is 533 g/mol. The first-order valence-corrected chi connectivity index (χ1v) is 18.3. The van der Waals surface area contributed by atoms with Crippen molar-refractivity contribution in [1.82, 2.24) is 9.55 Å². The zero-order chi connectivity index (χ0) is 26.9. The van der Waals surface area contributed by atoms with Crippen LogP contribution in [0.4, 0.5) is 0 Å². The van der Waals surface area contributed by atoms with Gasteiger partial charge in [0.2, 0.25) is 8.32 Å². The summed E-state index contributed by atoms with van der Waals surface area (Å²) in [5, 5.41) is 10.1. The number of phenolic OH excluding ortho intramolecular Hbond substituents is 1. The fourth-order valence-corrected chi connectivity index (χ4v) is 6.39. The lowest BCUT2D eigenvalue weighted by Crippen LogP contribution is -2.47. The fourth-order valence-electron chi connectivity index (χ4n) is 3.76. The van der Waals surface area contributed by atoms with E-state index in [0.717, 1.165) is 5.56 Å². The first-order chi connectivity index (χ1) is 16.6. The van der Waals surface area contributed by atoms with Crippen LogP contribution in [0, 0.1) is 6.92 Å². The van der Waals surface area contributed by atoms with Gasteiger partial charge in [0, 0.05) is 23.7 Å². The van der Waals surface area contributed by atoms with E-state index in [-0.39, 0.29) is 23.0 Å². The highest BCUT2D eigenvalue weighted by Crippen LogP contribution is 2.41. The Morgan fingerprint density at radius 1 is 1.19 bits per heavy atom. The van der Waals surface area contributed by atoms with Crippen LogP contribution < -0.4 is 11.2 Å². The molecule has 1 fully saturated rings. The van der Waals surface area contributed by atoms with Crippen molar-refractivity contribution in [2.75, 3.05) is 6.61 Å². The van der Waals surface area contributed by atoms with E-state index in [1.807, 2.05) is 23.9 Å². The number of H-pyrrole nitrogens is 1. The number of aryl methyl sites for hydroxylation is 1. The number of para-hydroxylation sites is 1. The van der Waals surface area contributed by atoms with Gasteiger partial charge in [-0.15, -0.1) is 0 Å². The van der Waals surface area contributed by atoms with Crippen LogP contribution in [0.15, 0.2) is 45.8 Å². The predicted molar refractivity (Wildman–Crippen MR) is 147 cm³/mol. The highest BCUT2D eigenvalue weighted by atomic mass is 28.4. The summed E-state index contributed by atoms with van der Waals surface area (Å²) < 4.78 is 20.9. The Labute approximate surface area is 215 Å². The van der Waals surface area contributed by atoms with Crippen LogP contribution in [0.3, 0.4) is 0 Å². The lowest BCUT2D eigenvalue weighted by Gasteiger charge is -2.39. The molecule has 0 bridgehead atoms. The number of phenols is 1. The number of hydrogen-bond acceptors (Lipinski definition) is 6. The number of nitrogens with zero attached hydrogens (tertiary/aromatic N) is 1. The third-order valence-electron chi connectivity index (χ3n) is 7.11. The van der Waals surface area contributed by atoms with E-state index >= 15 is 0 Å². The van der Waals surface area contributed by atoms with Gasteiger partial charge >= 0.3 is 5.69 Å². The molecule has 0 amide bonds. The summed E-state index contributed by atoms with van der Waals surface area (Å²) in [5.74, 6) is 0.227. The molecule has 0 saturated carbocycles. The lowest BCUT2D eigenvalue weighted by atomic mass is 10.2. The van der Waals surface area contributed by atoms with Crippen molar-refractivity contribution in [3.63, 3.8) is 0 Å². The number of aromatic nitrogens is 2. The summed E-state index contributed by atoms with van der Waals surface area (Å²) in [4.78, 5) is 26.8. The molecular formula is C26H40N2O6Si2. The summed E-state index contributed by atoms with van der Waals surface area (Å²) in [7, 11) is -4.39. The summed E-state index contributed by atoms with van der Waals surface area (Å²) >= 11 is 0. The first-order valence-electron chi connectivity index (χ1n) is 12.4. The van der Waals surface area contributed by atoms with E-state index in [4.69, 9.17) is 13.6 Å². The summed E-state index contributed by atoms with van der Waals surface area (Å²) in [6.07, 6.45) is 2.76. The van der Waals surface area contributed by atoms with Crippen LogP contribution in [-0.4, -0.2) is 50.1 Å². The molecule has 1 saturated heterocycles. The minimum absolute atomic E-state index is 0.0103. The van der Waals surface area contributed by atoms with Crippen molar-refractivity contribution in [3.05, 3.63) is 68.1 Å². The van der Waals surface area contributed by atoms with Crippen molar-refractivity contribution < 1.29 is 18.7 Å². The minimum atomic E-state index is -2.26. The number of hydrogen-bond donors (Lipinski definition) is 2. The molecule has 1 aliphatic heterocycles. The Hall–Kier alpha value is -2.25. The molecule has 8 nitrogen and oxygen atoms in total. The van der Waals surface area contributed by atoms with Crippen molar-refractivity contribution in [2.24, 2.45) is 0 Å². The van der Waals surface area contributed by atoms with Crippen molar-refractivity contribution in [3.8, 4) is 5.75 Å². The van der Waals surface area contributed by atoms with Gasteiger partial charge in [0.15, 0.2) is 8.32 Å². The smallest absolute Gasteiger partial charge is 0.330 e. The quantitative estimate of drug-likeness (QED) is 0.478. The Kier molecular flexibility index (Phi) is 8.36. The maximum atomic E-state index is 12.5. The Balaban J connectivity index is 1.81. The largest absolute Gasteiger partial charge is 0.507 e. The maximum absolute atomic E-state index is 12.5. The second-order valence-electron chi connectivity index (χ2n) is 11.6. The number of nitrogens with one attached hydrogen (secondary N) is 1. The number of benzene rings is 1. The van der Waals surface area contributed by atoms with Gasteiger partial charge in [0.1, 0.15) is 18.1 Å². The third kappa shape index (κ3) is 6.74. The van der Waals surface area contributed by atoms with E-state index in [0.29, 0.717) is 18.6 Å². The van der Waals surface area contributed by atoms with Gasteiger partial charge < -0.3 is 18.7 Å². The topological polar surface area (TPSA) is 103 Å². The van der Waals surface area contributed by atoms with E-state index in [2.05, 4.69) is 51.9 Å². The molecule has 2 N–H and O–H groups in total. The summed E-state index contributed by atoms with van der Waals surface area (Å²) in [5.41, 5.74) is 2.33. The van der Waals surface area contributed by atoms with E-state index in [1.54, 1.807) is 25.3 Å². The van der Waals surface area contributed by atoms with Gasteiger partial charge in [0.25, 0.3) is 5.56 Å². The first kappa shape index (κ1) is 28.3. The minimum Gasteiger partial charge on any atom is -0.507 e. The van der Waals surface area contributed by atoms with Crippen LogP contribution in [0.2, 0.25) is 31.2 Å². The van der Waals surface area contributed by atoms with Gasteiger partial charge in [-0.3, -0.25) is 14.3 Å². The molecule has 0 spiro atoms. The van der Waals surface area contributed by atoms with E-state index in [1.165, 1.54) is 4.57 Å². The summed E-state index contributed by atoms with van der Waals surface area (Å²) in [6.45, 7) is 17.1. The van der Waals surface area contributed by atoms with Gasteiger partial charge in [-0.2, -0.15) is 0 Å². The molecule has 0 unspecified atom stereocenters. The Morgan fingerprint density at radius 2 is 1.86 bits per heavy atom. The fraction of sp³-hybridized carbons (Fsp3) is 0.538. The molecule has 36 heavy (non-hydrogen) atoms. The molecule has 1 aromatic carbocycles. The number of rotatable bonds is 8. The lowest BCUT2D eigenvalue weighted by molar-refractivity contribution is -0.0401. The van der Waals surface area contributed by atoms with Crippen LogP contribution >= 0.6 is 0 Å². The second-order valence-corrected chi connectivity index (χ2v) is 20.2. The Morgan fingerprint density at radius 3 is 2.50 bits per heavy atom. The molecule has 10 heteroatoms. The molecule has 3 rings (SSSR count). The highest BCUT2D eigenvalue weighted by Gasteiger charge is 2.45. The van der Waals surface area contributed by atoms with Crippen molar-refractivity contribution >= 4 is 22.7 Å². The molecule has 0 aliphatic carbocycles. The molecular weight excluding hydrogens is 492 g/mol. The molecule has 1 aliphatic rings. The van der Waals surface area contributed by atoms with E-state index in [9.17, 15) is 14.7 Å². The number of ether oxygens (including phenoxy) is 1. The van der Waals surface area contributed by atoms with Gasteiger partial charge in [0.05, 0.1) is 12.7 Å². The van der Waals surface area contributed by atoms with Crippen LogP contribution in [-0.2, 0) is 13.6 Å². The van der Waals surface area contributed by atoms with Crippen LogP contribution in [0.1, 0.15) is 44.5 Å². The predicted octanol–water partition coefficient (Wildman–Crippen LogP) is 4.70. The SMILES string of the molecule is Cc1cn([C@H]2C[C@H](O[Si](C)(C)C(C)(C)C)[C@@H](CO[Si](C)(C)/C=C/c3ccccc3O)O2)c(=O)[nH]c1=O. The van der Waals surface area contributed by atoms with Crippen molar-refractivity contribution in [2.45, 2.75) is 83.8 Å². The third-order valence-corrected chi connectivity index (χ3v) is 13.5. The van der Waals surface area contributed by atoms with E-state index < -0.39 is 34.1 Å². The second kappa shape index (κ2) is 10.6. The van der Waals surface area contributed by atoms with Crippen molar-refractivity contribution in [1.29, 1.82) is 0 Å². The monoisotopic (exact) mass is 532 g/mol. The number of aromatic amines is 1. The van der Waals surface area contributed by atoms with Gasteiger partial charge in [-0.05, 0) is 44.2 Å². The molecule has 0 radical (unpaired) electrons. The standard InChI is InChI=1S/C26H40N2O6Si2/c1-18-16-28(25(31)27-24(18)30)23-15-21(34-36(7,8)26(2,3)4)22(33-23)17-32-35(5,6)14-13-19-11-9-10-12-20(19)29/h9-14,16,21-23,29H,15,17H2,1-8H3,(H,27,30,31)/b14-13+/t21-,22+,23+/m0/s1. The molecule has 1 aromatic heterocycles. The van der Waals surface area contributed by atoms with Gasteiger partial charge in [-0.1, -0.05) is 50.7 Å². The van der Waals surface area contributed by atoms with Gasteiger partial charge in [-0.25, -0.2) is 4.79 Å². The van der Waals surface area contributed by atoms with Crippen LogP contribution in [0.5, 0.6) is 5.75 Å². The molecule has 198 valence electrons. The Bertz CT molecular complexity index is 1210. The average Bonchev–Trinajstić information content (AvgIpc) is 3.15. The van der Waals surface area contributed by atoms with Crippen LogP contribution in [0.25, 0.3) is 6.08 Å². The summed E-state index contributed by atoms with van der Waals surface area (Å²) in [6, 6.07) is 7.18. The zero-order valence-electron chi connectivity index (χ0n) is 22.6. The highest BCUT2D eigenvalue weighted by molar-refractivity contribution is 6.76. The molecule has 2 heterocycles. The normalized spacial score (nSPS) is 21.4.